The van der Waals surface area contributed by atoms with Crippen LogP contribution in [0.4, 0.5) is 0 Å². The van der Waals surface area contributed by atoms with Crippen LogP contribution in [0.2, 0.25) is 0 Å². The number of imidazole rings is 1. The van der Waals surface area contributed by atoms with Gasteiger partial charge in [0.05, 0.1) is 0 Å². The van der Waals surface area contributed by atoms with Crippen molar-refractivity contribution in [1.82, 2.24) is 14.5 Å². The third kappa shape index (κ3) is 2.16. The molecule has 1 aliphatic carbocycles. The van der Waals surface area contributed by atoms with Gasteiger partial charge in [-0.1, -0.05) is 6.92 Å². The minimum absolute atomic E-state index is 0.527. The Hall–Kier alpha value is -1.68. The first-order valence-corrected chi connectivity index (χ1v) is 7.07. The van der Waals surface area contributed by atoms with Gasteiger partial charge in [-0.15, -0.1) is 0 Å². The van der Waals surface area contributed by atoms with E-state index in [4.69, 9.17) is 10.7 Å². The fourth-order valence-corrected chi connectivity index (χ4v) is 2.80. The summed E-state index contributed by atoms with van der Waals surface area (Å²) in [6, 6.07) is 2.24. The molecule has 0 bridgehead atoms. The van der Waals surface area contributed by atoms with Crippen LogP contribution in [0.25, 0.3) is 5.82 Å². The van der Waals surface area contributed by atoms with Crippen LogP contribution in [0.15, 0.2) is 18.5 Å². The summed E-state index contributed by atoms with van der Waals surface area (Å²) in [7, 11) is 0. The summed E-state index contributed by atoms with van der Waals surface area (Å²) in [4.78, 5) is 9.29. The Morgan fingerprint density at radius 2 is 2.26 bits per heavy atom. The summed E-state index contributed by atoms with van der Waals surface area (Å²) < 4.78 is 2.10. The van der Waals surface area contributed by atoms with Gasteiger partial charge in [-0.05, 0) is 37.3 Å². The molecule has 1 aliphatic rings. The van der Waals surface area contributed by atoms with Crippen molar-refractivity contribution in [3.05, 3.63) is 41.1 Å². The van der Waals surface area contributed by atoms with Crippen LogP contribution in [0.1, 0.15) is 42.4 Å². The average Bonchev–Trinajstić information content (AvgIpc) is 3.05. The predicted octanol–water partition coefficient (Wildman–Crippen LogP) is 2.17. The van der Waals surface area contributed by atoms with Crippen molar-refractivity contribution in [3.63, 3.8) is 0 Å². The van der Waals surface area contributed by atoms with Crippen molar-refractivity contribution in [2.24, 2.45) is 5.73 Å². The molecule has 4 nitrogen and oxygen atoms in total. The van der Waals surface area contributed by atoms with Crippen molar-refractivity contribution < 1.29 is 0 Å². The SMILES string of the molecule is CCCc1nccn1-c1nc2c(cc1CN)CCC2. The normalized spacial score (nSPS) is 13.8. The van der Waals surface area contributed by atoms with E-state index in [1.54, 1.807) is 0 Å². The van der Waals surface area contributed by atoms with Crippen LogP contribution in [0.5, 0.6) is 0 Å². The van der Waals surface area contributed by atoms with E-state index in [1.807, 2.05) is 12.4 Å². The fraction of sp³-hybridized carbons (Fsp3) is 0.467. The Labute approximate surface area is 113 Å². The van der Waals surface area contributed by atoms with Crippen molar-refractivity contribution in [3.8, 4) is 5.82 Å². The van der Waals surface area contributed by atoms with E-state index in [-0.39, 0.29) is 0 Å². The molecule has 0 saturated carbocycles. The van der Waals surface area contributed by atoms with Gasteiger partial charge in [0.25, 0.3) is 0 Å². The smallest absolute Gasteiger partial charge is 0.142 e. The molecule has 0 spiro atoms. The van der Waals surface area contributed by atoms with E-state index >= 15 is 0 Å². The quantitative estimate of drug-likeness (QED) is 0.912. The van der Waals surface area contributed by atoms with Gasteiger partial charge in [-0.3, -0.25) is 4.57 Å². The monoisotopic (exact) mass is 256 g/mol. The standard InChI is InChI=1S/C15H20N4/c1-2-4-14-17-7-8-19(14)15-12(10-16)9-11-5-3-6-13(11)18-15/h7-9H,2-6,10,16H2,1H3. The summed E-state index contributed by atoms with van der Waals surface area (Å²) in [6.45, 7) is 2.69. The number of aryl methyl sites for hydroxylation is 3. The molecule has 2 aromatic rings. The number of hydrogen-bond acceptors (Lipinski definition) is 3. The van der Waals surface area contributed by atoms with Crippen LogP contribution in [-0.2, 0) is 25.8 Å². The first-order chi connectivity index (χ1) is 9.33. The maximum Gasteiger partial charge on any atom is 0.142 e. The Morgan fingerprint density at radius 1 is 1.37 bits per heavy atom. The molecule has 19 heavy (non-hydrogen) atoms. The van der Waals surface area contributed by atoms with Crippen molar-refractivity contribution in [1.29, 1.82) is 0 Å². The second-order valence-corrected chi connectivity index (χ2v) is 5.10. The molecule has 0 amide bonds. The zero-order valence-electron chi connectivity index (χ0n) is 11.4. The summed E-state index contributed by atoms with van der Waals surface area (Å²) in [5.74, 6) is 2.05. The van der Waals surface area contributed by atoms with E-state index < -0.39 is 0 Å². The molecule has 2 heterocycles. The van der Waals surface area contributed by atoms with Crippen LogP contribution in [0, 0.1) is 0 Å². The molecule has 0 unspecified atom stereocenters. The predicted molar refractivity (Wildman–Crippen MR) is 75.3 cm³/mol. The molecular formula is C15H20N4. The molecular weight excluding hydrogens is 236 g/mol. The lowest BCUT2D eigenvalue weighted by Gasteiger charge is -2.13. The molecule has 3 rings (SSSR count). The second kappa shape index (κ2) is 5.13. The third-order valence-corrected chi connectivity index (χ3v) is 3.75. The molecule has 0 aliphatic heterocycles. The highest BCUT2D eigenvalue weighted by Crippen LogP contribution is 2.25. The maximum atomic E-state index is 5.90. The highest BCUT2D eigenvalue weighted by molar-refractivity contribution is 5.42. The number of aromatic nitrogens is 3. The highest BCUT2D eigenvalue weighted by atomic mass is 15.1. The average molecular weight is 256 g/mol. The summed E-state index contributed by atoms with van der Waals surface area (Å²) in [5, 5.41) is 0. The number of pyridine rings is 1. The van der Waals surface area contributed by atoms with Crippen molar-refractivity contribution >= 4 is 0 Å². The molecule has 0 aromatic carbocycles. The maximum absolute atomic E-state index is 5.90. The van der Waals surface area contributed by atoms with Crippen LogP contribution in [0.3, 0.4) is 0 Å². The molecule has 0 saturated heterocycles. The molecule has 4 heteroatoms. The Kier molecular flexibility index (Phi) is 3.34. The van der Waals surface area contributed by atoms with E-state index in [2.05, 4.69) is 22.5 Å². The van der Waals surface area contributed by atoms with Gasteiger partial charge in [-0.2, -0.15) is 0 Å². The number of fused-ring (bicyclic) bond motifs is 1. The Morgan fingerprint density at radius 3 is 3.05 bits per heavy atom. The number of hydrogen-bond donors (Lipinski definition) is 1. The molecule has 2 aromatic heterocycles. The van der Waals surface area contributed by atoms with Gasteiger partial charge >= 0.3 is 0 Å². The van der Waals surface area contributed by atoms with E-state index in [0.717, 1.165) is 42.9 Å². The second-order valence-electron chi connectivity index (χ2n) is 5.10. The largest absolute Gasteiger partial charge is 0.326 e. The number of nitrogens with zero attached hydrogens (tertiary/aromatic N) is 3. The number of rotatable bonds is 4. The highest BCUT2D eigenvalue weighted by Gasteiger charge is 2.17. The van der Waals surface area contributed by atoms with Gasteiger partial charge in [-0.25, -0.2) is 9.97 Å². The first kappa shape index (κ1) is 12.4. The van der Waals surface area contributed by atoms with Crippen LogP contribution >= 0.6 is 0 Å². The lowest BCUT2D eigenvalue weighted by Crippen LogP contribution is -2.11. The van der Waals surface area contributed by atoms with Gasteiger partial charge in [0, 0.05) is 36.6 Å². The Balaban J connectivity index is 2.10. The molecule has 2 N–H and O–H groups in total. The summed E-state index contributed by atoms with van der Waals surface area (Å²) in [6.07, 6.45) is 9.33. The van der Waals surface area contributed by atoms with Gasteiger partial charge in [0.15, 0.2) is 0 Å². The number of nitrogens with two attached hydrogens (primary N) is 1. The van der Waals surface area contributed by atoms with Crippen molar-refractivity contribution in [2.75, 3.05) is 0 Å². The van der Waals surface area contributed by atoms with Crippen LogP contribution in [-0.4, -0.2) is 14.5 Å². The summed E-state index contributed by atoms with van der Waals surface area (Å²) >= 11 is 0. The first-order valence-electron chi connectivity index (χ1n) is 7.07. The van der Waals surface area contributed by atoms with Crippen LogP contribution < -0.4 is 5.73 Å². The zero-order valence-corrected chi connectivity index (χ0v) is 11.4. The van der Waals surface area contributed by atoms with Gasteiger partial charge < -0.3 is 5.73 Å². The molecule has 0 atom stereocenters. The van der Waals surface area contributed by atoms with Gasteiger partial charge in [0.1, 0.15) is 11.6 Å². The lowest BCUT2D eigenvalue weighted by atomic mass is 10.1. The molecule has 0 fully saturated rings. The van der Waals surface area contributed by atoms with E-state index in [0.29, 0.717) is 6.54 Å². The Bertz CT molecular complexity index is 586. The van der Waals surface area contributed by atoms with E-state index in [9.17, 15) is 0 Å². The third-order valence-electron chi connectivity index (χ3n) is 3.75. The molecule has 0 radical (unpaired) electrons. The topological polar surface area (TPSA) is 56.7 Å². The zero-order chi connectivity index (χ0) is 13.2. The minimum Gasteiger partial charge on any atom is -0.326 e. The van der Waals surface area contributed by atoms with Crippen molar-refractivity contribution in [2.45, 2.75) is 45.6 Å². The van der Waals surface area contributed by atoms with Gasteiger partial charge in [0.2, 0.25) is 0 Å². The summed E-state index contributed by atoms with van der Waals surface area (Å²) in [5.41, 5.74) is 9.64. The minimum atomic E-state index is 0.527. The fourth-order valence-electron chi connectivity index (χ4n) is 2.80. The molecule has 100 valence electrons. The van der Waals surface area contributed by atoms with E-state index in [1.165, 1.54) is 17.7 Å². The lowest BCUT2D eigenvalue weighted by molar-refractivity contribution is 0.785.